The number of unbranched alkanes of at least 4 members (excludes halogenated alkanes) is 2. The van der Waals surface area contributed by atoms with Gasteiger partial charge in [-0.2, -0.15) is 0 Å². The van der Waals surface area contributed by atoms with Crippen molar-refractivity contribution in [2.45, 2.75) is 45.3 Å². The van der Waals surface area contributed by atoms with Gasteiger partial charge in [-0.1, -0.05) is 56.5 Å². The van der Waals surface area contributed by atoms with Gasteiger partial charge in [0.05, 0.1) is 0 Å². The molecule has 1 unspecified atom stereocenters. The second-order valence-corrected chi connectivity index (χ2v) is 4.91. The number of rotatable bonds is 7. The molecular weight excluding hydrogens is 236 g/mol. The van der Waals surface area contributed by atoms with E-state index in [1.807, 2.05) is 29.0 Å². The molecule has 0 aliphatic rings. The molecule has 1 aromatic heterocycles. The summed E-state index contributed by atoms with van der Waals surface area (Å²) in [4.78, 5) is 4.30. The summed E-state index contributed by atoms with van der Waals surface area (Å²) in [6.45, 7) is 2.93. The Bertz CT molecular complexity index is 479. The van der Waals surface area contributed by atoms with Crippen LogP contribution in [0.4, 0.5) is 0 Å². The Kier molecular flexibility index (Phi) is 5.16. The van der Waals surface area contributed by atoms with Crippen LogP contribution in [-0.4, -0.2) is 14.7 Å². The summed E-state index contributed by atoms with van der Waals surface area (Å²) < 4.78 is 2.03. The number of imidazole rings is 1. The largest absolute Gasteiger partial charge is 0.385 e. The van der Waals surface area contributed by atoms with Crippen LogP contribution in [0.5, 0.6) is 0 Å². The minimum absolute atomic E-state index is 0.453. The monoisotopic (exact) mass is 258 g/mol. The van der Waals surface area contributed by atoms with Gasteiger partial charge in [0.2, 0.25) is 0 Å². The quantitative estimate of drug-likeness (QED) is 0.771. The number of aliphatic hydroxyl groups excluding tert-OH is 1. The van der Waals surface area contributed by atoms with E-state index in [0.29, 0.717) is 0 Å². The van der Waals surface area contributed by atoms with Gasteiger partial charge < -0.3 is 9.67 Å². The third-order valence-electron chi connectivity index (χ3n) is 3.32. The van der Waals surface area contributed by atoms with Gasteiger partial charge in [0, 0.05) is 18.9 Å². The molecule has 3 nitrogen and oxygen atoms in total. The zero-order valence-electron chi connectivity index (χ0n) is 11.5. The van der Waals surface area contributed by atoms with Gasteiger partial charge >= 0.3 is 0 Å². The summed E-state index contributed by atoms with van der Waals surface area (Å²) in [6, 6.07) is 10.3. The van der Waals surface area contributed by atoms with E-state index >= 15 is 0 Å². The molecule has 0 fully saturated rings. The summed E-state index contributed by atoms with van der Waals surface area (Å²) >= 11 is 0. The summed E-state index contributed by atoms with van der Waals surface area (Å²) in [7, 11) is 0. The second kappa shape index (κ2) is 7.10. The third kappa shape index (κ3) is 3.93. The van der Waals surface area contributed by atoms with Gasteiger partial charge in [-0.3, -0.25) is 0 Å². The Morgan fingerprint density at radius 2 is 2.00 bits per heavy atom. The molecule has 1 N–H and O–H groups in total. The highest BCUT2D eigenvalue weighted by Crippen LogP contribution is 2.19. The van der Waals surface area contributed by atoms with E-state index < -0.39 is 6.10 Å². The van der Waals surface area contributed by atoms with E-state index in [0.717, 1.165) is 31.6 Å². The molecule has 0 amide bonds. The van der Waals surface area contributed by atoms with E-state index in [4.69, 9.17) is 0 Å². The number of aliphatic hydroxyl groups is 1. The Labute approximate surface area is 114 Å². The summed E-state index contributed by atoms with van der Waals surface area (Å²) in [5.74, 6) is 0.778. The first-order chi connectivity index (χ1) is 9.31. The van der Waals surface area contributed by atoms with Gasteiger partial charge in [0.25, 0.3) is 0 Å². The van der Waals surface area contributed by atoms with E-state index in [-0.39, 0.29) is 0 Å². The summed E-state index contributed by atoms with van der Waals surface area (Å²) in [5, 5.41) is 10.2. The van der Waals surface area contributed by atoms with Crippen molar-refractivity contribution >= 4 is 0 Å². The van der Waals surface area contributed by atoms with Gasteiger partial charge in [-0.15, -0.1) is 0 Å². The molecule has 0 aliphatic heterocycles. The fraction of sp³-hybridized carbons (Fsp3) is 0.438. The lowest BCUT2D eigenvalue weighted by molar-refractivity contribution is 0.150. The first-order valence-corrected chi connectivity index (χ1v) is 7.04. The van der Waals surface area contributed by atoms with E-state index in [1.165, 1.54) is 12.0 Å². The van der Waals surface area contributed by atoms with Crippen LogP contribution in [0.3, 0.4) is 0 Å². The highest BCUT2D eigenvalue weighted by atomic mass is 16.3. The fourth-order valence-corrected chi connectivity index (χ4v) is 2.25. The predicted molar refractivity (Wildman–Crippen MR) is 76.9 cm³/mol. The zero-order valence-corrected chi connectivity index (χ0v) is 11.5. The lowest BCUT2D eigenvalue weighted by Crippen LogP contribution is -2.09. The van der Waals surface area contributed by atoms with Crippen LogP contribution in [0.15, 0.2) is 42.7 Å². The SMILES string of the molecule is CCCCCC(O)c1nccn1Cc1ccccc1. The average molecular weight is 258 g/mol. The number of hydrogen-bond acceptors (Lipinski definition) is 2. The number of nitrogens with zero attached hydrogens (tertiary/aromatic N) is 2. The lowest BCUT2D eigenvalue weighted by atomic mass is 10.1. The molecule has 1 aromatic carbocycles. The van der Waals surface area contributed by atoms with Crippen LogP contribution in [0, 0.1) is 0 Å². The van der Waals surface area contributed by atoms with Gasteiger partial charge in [-0.05, 0) is 12.0 Å². The zero-order chi connectivity index (χ0) is 13.5. The molecule has 2 aromatic rings. The molecule has 102 valence electrons. The molecule has 0 bridgehead atoms. The summed E-state index contributed by atoms with van der Waals surface area (Å²) in [5.41, 5.74) is 1.22. The topological polar surface area (TPSA) is 38.1 Å². The molecule has 0 saturated heterocycles. The lowest BCUT2D eigenvalue weighted by Gasteiger charge is -2.13. The molecule has 19 heavy (non-hydrogen) atoms. The third-order valence-corrected chi connectivity index (χ3v) is 3.32. The van der Waals surface area contributed by atoms with Crippen LogP contribution in [0.1, 0.15) is 50.1 Å². The maximum Gasteiger partial charge on any atom is 0.137 e. The highest BCUT2D eigenvalue weighted by molar-refractivity contribution is 5.16. The van der Waals surface area contributed by atoms with Crippen molar-refractivity contribution in [3.8, 4) is 0 Å². The Balaban J connectivity index is 2.01. The standard InChI is InChI=1S/C16H22N2O/c1-2-3-5-10-15(19)16-17-11-12-18(16)13-14-8-6-4-7-9-14/h4,6-9,11-12,15,19H,2-3,5,10,13H2,1H3. The van der Waals surface area contributed by atoms with E-state index in [2.05, 4.69) is 24.0 Å². The smallest absolute Gasteiger partial charge is 0.137 e. The average Bonchev–Trinajstić information content (AvgIpc) is 2.88. The highest BCUT2D eigenvalue weighted by Gasteiger charge is 2.13. The van der Waals surface area contributed by atoms with Crippen LogP contribution in [0.2, 0.25) is 0 Å². The molecule has 3 heteroatoms. The minimum Gasteiger partial charge on any atom is -0.385 e. The van der Waals surface area contributed by atoms with Crippen molar-refractivity contribution in [2.24, 2.45) is 0 Å². The molecule has 2 rings (SSSR count). The van der Waals surface area contributed by atoms with Crippen molar-refractivity contribution in [2.75, 3.05) is 0 Å². The fourth-order valence-electron chi connectivity index (χ4n) is 2.25. The maximum atomic E-state index is 10.2. The Morgan fingerprint density at radius 1 is 1.21 bits per heavy atom. The van der Waals surface area contributed by atoms with Gasteiger partial charge in [0.15, 0.2) is 0 Å². The molecular formula is C16H22N2O. The first-order valence-electron chi connectivity index (χ1n) is 7.04. The molecule has 0 radical (unpaired) electrons. The molecule has 0 saturated carbocycles. The molecule has 0 spiro atoms. The van der Waals surface area contributed by atoms with Crippen LogP contribution in [-0.2, 0) is 6.54 Å². The first kappa shape index (κ1) is 13.8. The van der Waals surface area contributed by atoms with Crippen molar-refractivity contribution in [3.05, 3.63) is 54.1 Å². The van der Waals surface area contributed by atoms with Crippen molar-refractivity contribution in [1.82, 2.24) is 9.55 Å². The summed E-state index contributed by atoms with van der Waals surface area (Å²) in [6.07, 6.45) is 7.43. The van der Waals surface area contributed by atoms with Crippen molar-refractivity contribution in [1.29, 1.82) is 0 Å². The van der Waals surface area contributed by atoms with Crippen LogP contribution in [0.25, 0.3) is 0 Å². The van der Waals surface area contributed by atoms with Crippen molar-refractivity contribution in [3.63, 3.8) is 0 Å². The van der Waals surface area contributed by atoms with E-state index in [1.54, 1.807) is 6.20 Å². The van der Waals surface area contributed by atoms with Gasteiger partial charge in [0.1, 0.15) is 11.9 Å². The number of aromatic nitrogens is 2. The predicted octanol–water partition coefficient (Wildman–Crippen LogP) is 3.55. The normalized spacial score (nSPS) is 12.5. The van der Waals surface area contributed by atoms with Crippen molar-refractivity contribution < 1.29 is 5.11 Å². The minimum atomic E-state index is -0.453. The maximum absolute atomic E-state index is 10.2. The molecule has 1 heterocycles. The van der Waals surface area contributed by atoms with Crippen LogP contribution < -0.4 is 0 Å². The second-order valence-electron chi connectivity index (χ2n) is 4.91. The Morgan fingerprint density at radius 3 is 2.74 bits per heavy atom. The molecule has 0 aliphatic carbocycles. The number of benzene rings is 1. The number of hydrogen-bond donors (Lipinski definition) is 1. The molecule has 1 atom stereocenters. The van der Waals surface area contributed by atoms with Crippen LogP contribution >= 0.6 is 0 Å². The van der Waals surface area contributed by atoms with Gasteiger partial charge in [-0.25, -0.2) is 4.98 Å². The van der Waals surface area contributed by atoms with E-state index in [9.17, 15) is 5.11 Å². The Hall–Kier alpha value is -1.61.